The summed E-state index contributed by atoms with van der Waals surface area (Å²) in [5.41, 5.74) is 3.24. The highest BCUT2D eigenvalue weighted by Gasteiger charge is 2.17. The quantitative estimate of drug-likeness (QED) is 0.170. The number of amides is 1. The summed E-state index contributed by atoms with van der Waals surface area (Å²) >= 11 is 0. The van der Waals surface area contributed by atoms with Gasteiger partial charge in [0.1, 0.15) is 29.6 Å². The SMILES string of the molecule is CCC(C)c1ccc(OCc2ccc(C(=O)Nc3cc(Oc4cc(C)cc(C)c4)cc([N+](=O)[O-])c3)o2)cc1. The number of aryl methyl sites for hydroxylation is 2. The summed E-state index contributed by atoms with van der Waals surface area (Å²) in [4.78, 5) is 23.8. The van der Waals surface area contributed by atoms with Crippen LogP contribution >= 0.6 is 0 Å². The zero-order chi connectivity index (χ0) is 27.2. The second-order valence-electron chi connectivity index (χ2n) is 9.29. The Balaban J connectivity index is 1.43. The second-order valence-corrected chi connectivity index (χ2v) is 9.29. The molecule has 1 unspecified atom stereocenters. The number of nitro benzene ring substituents is 1. The molecule has 38 heavy (non-hydrogen) atoms. The molecule has 8 heteroatoms. The van der Waals surface area contributed by atoms with Gasteiger partial charge in [0.25, 0.3) is 11.6 Å². The van der Waals surface area contributed by atoms with Gasteiger partial charge in [-0.15, -0.1) is 0 Å². The highest BCUT2D eigenvalue weighted by atomic mass is 16.6. The number of ether oxygens (including phenoxy) is 2. The molecule has 0 aliphatic heterocycles. The number of hydrogen-bond donors (Lipinski definition) is 1. The van der Waals surface area contributed by atoms with E-state index in [1.807, 2.05) is 56.3 Å². The van der Waals surface area contributed by atoms with Crippen molar-refractivity contribution >= 4 is 17.3 Å². The summed E-state index contributed by atoms with van der Waals surface area (Å²) in [6.45, 7) is 8.35. The maximum atomic E-state index is 12.8. The van der Waals surface area contributed by atoms with Gasteiger partial charge in [-0.3, -0.25) is 14.9 Å². The van der Waals surface area contributed by atoms with Crippen molar-refractivity contribution in [3.8, 4) is 17.2 Å². The Morgan fingerprint density at radius 1 is 0.947 bits per heavy atom. The lowest BCUT2D eigenvalue weighted by molar-refractivity contribution is -0.384. The first kappa shape index (κ1) is 26.5. The maximum absolute atomic E-state index is 12.8. The van der Waals surface area contributed by atoms with E-state index in [4.69, 9.17) is 13.9 Å². The molecular weight excluding hydrogens is 484 g/mol. The minimum absolute atomic E-state index is 0.0546. The van der Waals surface area contributed by atoms with Crippen LogP contribution in [0.1, 0.15) is 59.2 Å². The van der Waals surface area contributed by atoms with E-state index in [-0.39, 0.29) is 29.5 Å². The number of nitrogens with one attached hydrogen (secondary N) is 1. The average Bonchev–Trinajstić information content (AvgIpc) is 3.36. The van der Waals surface area contributed by atoms with Gasteiger partial charge in [-0.1, -0.05) is 32.0 Å². The van der Waals surface area contributed by atoms with Crippen molar-refractivity contribution < 1.29 is 23.6 Å². The standard InChI is InChI=1S/C30H30N2O6/c1-5-21(4)22-6-8-25(9-7-22)36-18-26-10-11-29(38-26)30(33)31-23-15-24(32(34)35)17-28(16-23)37-27-13-19(2)12-20(3)14-27/h6-17,21H,5,18H2,1-4H3,(H,31,33). The highest BCUT2D eigenvalue weighted by molar-refractivity contribution is 6.02. The number of hydrogen-bond acceptors (Lipinski definition) is 6. The molecule has 196 valence electrons. The summed E-state index contributed by atoms with van der Waals surface area (Å²) in [5, 5.41) is 14.1. The van der Waals surface area contributed by atoms with Crippen molar-refractivity contribution in [3.05, 3.63) is 111 Å². The van der Waals surface area contributed by atoms with Crippen LogP contribution in [0.5, 0.6) is 17.2 Å². The molecule has 0 saturated heterocycles. The monoisotopic (exact) mass is 514 g/mol. The Kier molecular flexibility index (Phi) is 8.11. The molecular formula is C30H30N2O6. The first-order valence-electron chi connectivity index (χ1n) is 12.4. The Labute approximate surface area is 221 Å². The molecule has 0 radical (unpaired) electrons. The molecule has 0 bridgehead atoms. The van der Waals surface area contributed by atoms with Crippen LogP contribution in [0.4, 0.5) is 11.4 Å². The molecule has 1 aromatic heterocycles. The normalized spacial score (nSPS) is 11.6. The number of rotatable bonds is 10. The van der Waals surface area contributed by atoms with Crippen LogP contribution in [0.2, 0.25) is 0 Å². The van der Waals surface area contributed by atoms with Crippen molar-refractivity contribution in [2.75, 3.05) is 5.32 Å². The van der Waals surface area contributed by atoms with E-state index in [1.165, 1.54) is 29.8 Å². The van der Waals surface area contributed by atoms with Gasteiger partial charge in [0.05, 0.1) is 16.7 Å². The topological polar surface area (TPSA) is 104 Å². The number of nitrogens with zero attached hydrogens (tertiary/aromatic N) is 1. The average molecular weight is 515 g/mol. The van der Waals surface area contributed by atoms with Crippen LogP contribution in [-0.4, -0.2) is 10.8 Å². The molecule has 0 aliphatic carbocycles. The number of nitro groups is 1. The highest BCUT2D eigenvalue weighted by Crippen LogP contribution is 2.31. The van der Waals surface area contributed by atoms with Gasteiger partial charge < -0.3 is 19.2 Å². The van der Waals surface area contributed by atoms with E-state index in [0.717, 1.165) is 17.5 Å². The summed E-state index contributed by atoms with van der Waals surface area (Å²) in [7, 11) is 0. The lowest BCUT2D eigenvalue weighted by atomic mass is 9.99. The predicted molar refractivity (Wildman–Crippen MR) is 145 cm³/mol. The van der Waals surface area contributed by atoms with Gasteiger partial charge in [0.15, 0.2) is 5.76 Å². The molecule has 4 aromatic rings. The third-order valence-electron chi connectivity index (χ3n) is 6.12. The second kappa shape index (κ2) is 11.6. The van der Waals surface area contributed by atoms with E-state index in [1.54, 1.807) is 6.07 Å². The minimum atomic E-state index is -0.549. The van der Waals surface area contributed by atoms with E-state index in [0.29, 0.717) is 23.2 Å². The first-order chi connectivity index (χ1) is 18.2. The van der Waals surface area contributed by atoms with Crippen LogP contribution in [0.3, 0.4) is 0 Å². The van der Waals surface area contributed by atoms with Crippen molar-refractivity contribution in [2.24, 2.45) is 0 Å². The molecule has 0 saturated carbocycles. The number of non-ortho nitro benzene ring substituents is 1. The summed E-state index contributed by atoms with van der Waals surface area (Å²) < 4.78 is 17.3. The lowest BCUT2D eigenvalue weighted by Gasteiger charge is -2.10. The minimum Gasteiger partial charge on any atom is -0.486 e. The molecule has 0 aliphatic rings. The van der Waals surface area contributed by atoms with Crippen molar-refractivity contribution in [2.45, 2.75) is 46.6 Å². The molecule has 1 N–H and O–H groups in total. The van der Waals surface area contributed by atoms with Gasteiger partial charge in [-0.05, 0) is 79.3 Å². The molecule has 1 amide bonds. The van der Waals surface area contributed by atoms with Gasteiger partial charge >= 0.3 is 0 Å². The van der Waals surface area contributed by atoms with Gasteiger partial charge in [0, 0.05) is 12.1 Å². The van der Waals surface area contributed by atoms with Crippen LogP contribution < -0.4 is 14.8 Å². The largest absolute Gasteiger partial charge is 0.486 e. The maximum Gasteiger partial charge on any atom is 0.291 e. The van der Waals surface area contributed by atoms with Crippen LogP contribution in [-0.2, 0) is 6.61 Å². The first-order valence-corrected chi connectivity index (χ1v) is 12.4. The number of carbonyl (C=O) groups is 1. The smallest absolute Gasteiger partial charge is 0.291 e. The summed E-state index contributed by atoms with van der Waals surface area (Å²) in [6, 6.07) is 20.9. The summed E-state index contributed by atoms with van der Waals surface area (Å²) in [6.07, 6.45) is 1.06. The number of anilines is 1. The molecule has 3 aromatic carbocycles. The van der Waals surface area contributed by atoms with E-state index >= 15 is 0 Å². The van der Waals surface area contributed by atoms with E-state index in [9.17, 15) is 14.9 Å². The fourth-order valence-corrected chi connectivity index (χ4v) is 4.00. The molecule has 4 rings (SSSR count). The Hall–Kier alpha value is -4.59. The van der Waals surface area contributed by atoms with Crippen molar-refractivity contribution in [3.63, 3.8) is 0 Å². The zero-order valence-electron chi connectivity index (χ0n) is 21.8. The van der Waals surface area contributed by atoms with Crippen LogP contribution in [0.15, 0.2) is 77.2 Å². The third kappa shape index (κ3) is 6.79. The molecule has 1 heterocycles. The van der Waals surface area contributed by atoms with Crippen LogP contribution in [0, 0.1) is 24.0 Å². The van der Waals surface area contributed by atoms with E-state index < -0.39 is 10.8 Å². The van der Waals surface area contributed by atoms with Gasteiger partial charge in [-0.2, -0.15) is 0 Å². The Morgan fingerprint density at radius 2 is 1.63 bits per heavy atom. The molecule has 0 spiro atoms. The predicted octanol–water partition coefficient (Wildman–Crippen LogP) is 7.94. The number of carbonyl (C=O) groups excluding carboxylic acids is 1. The van der Waals surface area contributed by atoms with Crippen molar-refractivity contribution in [1.29, 1.82) is 0 Å². The lowest BCUT2D eigenvalue weighted by Crippen LogP contribution is -2.11. The number of furan rings is 1. The fraction of sp³-hybridized carbons (Fsp3) is 0.233. The third-order valence-corrected chi connectivity index (χ3v) is 6.12. The van der Waals surface area contributed by atoms with E-state index in [2.05, 4.69) is 19.2 Å². The van der Waals surface area contributed by atoms with Crippen LogP contribution in [0.25, 0.3) is 0 Å². The zero-order valence-corrected chi connectivity index (χ0v) is 21.8. The Bertz CT molecular complexity index is 1420. The van der Waals surface area contributed by atoms with Gasteiger partial charge in [-0.25, -0.2) is 0 Å². The fourth-order valence-electron chi connectivity index (χ4n) is 4.00. The van der Waals surface area contributed by atoms with Gasteiger partial charge in [0.2, 0.25) is 0 Å². The van der Waals surface area contributed by atoms with Crippen molar-refractivity contribution in [1.82, 2.24) is 0 Å². The summed E-state index contributed by atoms with van der Waals surface area (Å²) in [5.74, 6) is 1.94. The number of benzene rings is 3. The Morgan fingerprint density at radius 3 is 2.29 bits per heavy atom. The molecule has 8 nitrogen and oxygen atoms in total. The molecule has 1 atom stereocenters. The molecule has 0 fully saturated rings.